The molecule has 7 heteroatoms. The van der Waals surface area contributed by atoms with Gasteiger partial charge in [0.05, 0.1) is 11.4 Å². The molecule has 3 N–H and O–H groups in total. The summed E-state index contributed by atoms with van der Waals surface area (Å²) in [6, 6.07) is 3.19. The Kier molecular flexibility index (Phi) is 5.36. The lowest BCUT2D eigenvalue weighted by Gasteiger charge is -2.20. The van der Waals surface area contributed by atoms with Crippen LogP contribution in [-0.2, 0) is 14.8 Å². The third-order valence-corrected chi connectivity index (χ3v) is 5.08. The van der Waals surface area contributed by atoms with E-state index in [9.17, 15) is 13.2 Å². The van der Waals surface area contributed by atoms with Crippen LogP contribution in [0.25, 0.3) is 0 Å². The van der Waals surface area contributed by atoms with Crippen LogP contribution in [-0.4, -0.2) is 38.3 Å². The molecule has 1 aromatic rings. The third kappa shape index (κ3) is 4.18. The molecule has 21 heavy (non-hydrogen) atoms. The molecule has 0 bridgehead atoms. The summed E-state index contributed by atoms with van der Waals surface area (Å²) in [5.74, 6) is -0.332. The first-order valence-electron chi connectivity index (χ1n) is 6.68. The van der Waals surface area contributed by atoms with Gasteiger partial charge >= 0.3 is 0 Å². The number of carbonyl (C=O) groups is 1. The predicted octanol–water partition coefficient (Wildman–Crippen LogP) is 1.03. The number of rotatable bonds is 5. The molecule has 0 fully saturated rings. The van der Waals surface area contributed by atoms with Gasteiger partial charge in [-0.2, -0.15) is 4.31 Å². The molecule has 118 valence electrons. The molecule has 0 aliphatic carbocycles. The second-order valence-electron chi connectivity index (χ2n) is 5.47. The monoisotopic (exact) mass is 313 g/mol. The van der Waals surface area contributed by atoms with Crippen LogP contribution in [0.1, 0.15) is 25.0 Å². The zero-order chi connectivity index (χ0) is 16.4. The number of hydrogen-bond donors (Lipinski definition) is 2. The van der Waals surface area contributed by atoms with E-state index in [2.05, 4.69) is 5.32 Å². The molecule has 6 nitrogen and oxygen atoms in total. The molecule has 0 aliphatic rings. The molecule has 0 aliphatic heterocycles. The summed E-state index contributed by atoms with van der Waals surface area (Å²) >= 11 is 0. The Labute approximate surface area is 126 Å². The Bertz CT molecular complexity index is 616. The first-order valence-corrected chi connectivity index (χ1v) is 8.12. The van der Waals surface area contributed by atoms with Crippen LogP contribution in [0.5, 0.6) is 0 Å². The summed E-state index contributed by atoms with van der Waals surface area (Å²) in [5.41, 5.74) is 7.37. The maximum atomic E-state index is 12.6. The van der Waals surface area contributed by atoms with E-state index in [0.29, 0.717) is 16.8 Å². The van der Waals surface area contributed by atoms with Crippen molar-refractivity contribution in [3.8, 4) is 0 Å². The van der Waals surface area contributed by atoms with E-state index < -0.39 is 10.0 Å². The van der Waals surface area contributed by atoms with Crippen LogP contribution in [0.3, 0.4) is 0 Å². The summed E-state index contributed by atoms with van der Waals surface area (Å²) in [4.78, 5) is 11.9. The average Bonchev–Trinajstić information content (AvgIpc) is 2.24. The van der Waals surface area contributed by atoms with Crippen molar-refractivity contribution < 1.29 is 13.2 Å². The first-order chi connectivity index (χ1) is 9.55. The highest BCUT2D eigenvalue weighted by Crippen LogP contribution is 2.25. The second-order valence-corrected chi connectivity index (χ2v) is 7.45. The number of anilines is 1. The van der Waals surface area contributed by atoms with Gasteiger partial charge in [0.2, 0.25) is 15.9 Å². The van der Waals surface area contributed by atoms with Crippen molar-refractivity contribution in [1.82, 2.24) is 9.62 Å². The highest BCUT2D eigenvalue weighted by atomic mass is 32.2. The van der Waals surface area contributed by atoms with E-state index >= 15 is 0 Å². The minimum atomic E-state index is -3.73. The van der Waals surface area contributed by atoms with Crippen LogP contribution >= 0.6 is 0 Å². The van der Waals surface area contributed by atoms with Gasteiger partial charge in [0, 0.05) is 18.8 Å². The molecule has 0 heterocycles. The van der Waals surface area contributed by atoms with Crippen LogP contribution in [0.15, 0.2) is 17.0 Å². The minimum absolute atomic E-state index is 0.0337. The summed E-state index contributed by atoms with van der Waals surface area (Å²) < 4.78 is 26.3. The fourth-order valence-electron chi connectivity index (χ4n) is 2.20. The van der Waals surface area contributed by atoms with Gasteiger partial charge < -0.3 is 11.1 Å². The van der Waals surface area contributed by atoms with E-state index in [1.54, 1.807) is 26.0 Å². The molecule has 0 saturated heterocycles. The molecular formula is C14H23N3O3S. The first kappa shape index (κ1) is 17.5. The predicted molar refractivity (Wildman–Crippen MR) is 83.4 cm³/mol. The van der Waals surface area contributed by atoms with Crippen molar-refractivity contribution >= 4 is 21.6 Å². The van der Waals surface area contributed by atoms with Crippen LogP contribution < -0.4 is 11.1 Å². The number of nitrogens with one attached hydrogen (secondary N) is 1. The number of nitrogens with zero attached hydrogens (tertiary/aromatic N) is 1. The summed E-state index contributed by atoms with van der Waals surface area (Å²) in [7, 11) is -2.34. The van der Waals surface area contributed by atoms with E-state index in [1.165, 1.54) is 7.05 Å². The Morgan fingerprint density at radius 3 is 2.19 bits per heavy atom. The highest BCUT2D eigenvalue weighted by Gasteiger charge is 2.26. The summed E-state index contributed by atoms with van der Waals surface area (Å²) in [5, 5.41) is 2.67. The molecule has 0 unspecified atom stereocenters. The smallest absolute Gasteiger partial charge is 0.243 e. The van der Waals surface area contributed by atoms with E-state index in [0.717, 1.165) is 4.31 Å². The molecule has 0 radical (unpaired) electrons. The lowest BCUT2D eigenvalue weighted by atomic mass is 10.1. The van der Waals surface area contributed by atoms with Crippen molar-refractivity contribution in [2.24, 2.45) is 0 Å². The van der Waals surface area contributed by atoms with Crippen LogP contribution in [0, 0.1) is 13.8 Å². The van der Waals surface area contributed by atoms with Crippen molar-refractivity contribution in [2.75, 3.05) is 19.3 Å². The van der Waals surface area contributed by atoms with E-state index in [4.69, 9.17) is 5.73 Å². The van der Waals surface area contributed by atoms with Crippen molar-refractivity contribution in [2.45, 2.75) is 38.6 Å². The lowest BCUT2D eigenvalue weighted by molar-refractivity contribution is -0.121. The Balaban J connectivity index is 3.09. The van der Waals surface area contributed by atoms with Gasteiger partial charge in [-0.15, -0.1) is 0 Å². The van der Waals surface area contributed by atoms with Crippen molar-refractivity contribution in [3.05, 3.63) is 23.3 Å². The number of aryl methyl sites for hydroxylation is 2. The Morgan fingerprint density at radius 1 is 1.29 bits per heavy atom. The number of nitrogen functional groups attached to an aromatic ring is 1. The summed E-state index contributed by atoms with van der Waals surface area (Å²) in [6.45, 7) is 6.81. The average molecular weight is 313 g/mol. The Hall–Kier alpha value is -1.60. The maximum Gasteiger partial charge on any atom is 0.243 e. The number of nitrogens with two attached hydrogens (primary N) is 1. The topological polar surface area (TPSA) is 92.5 Å². The number of benzene rings is 1. The fraction of sp³-hybridized carbons (Fsp3) is 0.500. The number of amides is 1. The largest absolute Gasteiger partial charge is 0.399 e. The second kappa shape index (κ2) is 6.44. The fourth-order valence-corrected chi connectivity index (χ4v) is 3.73. The van der Waals surface area contributed by atoms with Gasteiger partial charge in [0.1, 0.15) is 0 Å². The summed E-state index contributed by atoms with van der Waals surface area (Å²) in [6.07, 6.45) is 0. The minimum Gasteiger partial charge on any atom is -0.399 e. The number of carbonyl (C=O) groups excluding carboxylic acids is 1. The third-order valence-electron chi connectivity index (χ3n) is 2.97. The van der Waals surface area contributed by atoms with Crippen molar-refractivity contribution in [3.63, 3.8) is 0 Å². The molecule has 1 rings (SSSR count). The molecule has 0 saturated carbocycles. The van der Waals surface area contributed by atoms with Gasteiger partial charge in [-0.05, 0) is 51.0 Å². The zero-order valence-corrected chi connectivity index (χ0v) is 13.9. The van der Waals surface area contributed by atoms with Gasteiger partial charge in [0.15, 0.2) is 0 Å². The van der Waals surface area contributed by atoms with E-state index in [-0.39, 0.29) is 23.4 Å². The van der Waals surface area contributed by atoms with Gasteiger partial charge in [-0.25, -0.2) is 8.42 Å². The number of likely N-dealkylation sites (N-methyl/N-ethyl adjacent to an activating group) is 1. The highest BCUT2D eigenvalue weighted by molar-refractivity contribution is 7.89. The van der Waals surface area contributed by atoms with Crippen LogP contribution in [0.2, 0.25) is 0 Å². The molecule has 1 aromatic carbocycles. The standard InChI is InChI=1S/C14H23N3O3S/c1-9(2)16-13(18)8-17(5)21(19,20)14-10(3)6-12(15)7-11(14)4/h6-7,9H,8,15H2,1-5H3,(H,16,18). The molecular weight excluding hydrogens is 290 g/mol. The SMILES string of the molecule is Cc1cc(N)cc(C)c1S(=O)(=O)N(C)CC(=O)NC(C)C. The molecule has 0 atom stereocenters. The maximum absolute atomic E-state index is 12.6. The normalized spacial score (nSPS) is 12.0. The molecule has 0 aromatic heterocycles. The van der Waals surface area contributed by atoms with Crippen molar-refractivity contribution in [1.29, 1.82) is 0 Å². The lowest BCUT2D eigenvalue weighted by Crippen LogP contribution is -2.41. The van der Waals surface area contributed by atoms with E-state index in [1.807, 2.05) is 13.8 Å². The molecule has 1 amide bonds. The Morgan fingerprint density at radius 2 is 1.76 bits per heavy atom. The van der Waals surface area contributed by atoms with Crippen LogP contribution in [0.4, 0.5) is 5.69 Å². The molecule has 0 spiro atoms. The van der Waals surface area contributed by atoms with Gasteiger partial charge in [-0.3, -0.25) is 4.79 Å². The quantitative estimate of drug-likeness (QED) is 0.794. The van der Waals surface area contributed by atoms with Gasteiger partial charge in [-0.1, -0.05) is 0 Å². The number of sulfonamides is 1. The zero-order valence-electron chi connectivity index (χ0n) is 13.1. The number of hydrogen-bond acceptors (Lipinski definition) is 4. The van der Waals surface area contributed by atoms with Gasteiger partial charge in [0.25, 0.3) is 0 Å².